The summed E-state index contributed by atoms with van der Waals surface area (Å²) in [5, 5.41) is 8.41. The van der Waals surface area contributed by atoms with Gasteiger partial charge in [-0.1, -0.05) is 32.0 Å². The van der Waals surface area contributed by atoms with Crippen molar-refractivity contribution >= 4 is 17.5 Å². The summed E-state index contributed by atoms with van der Waals surface area (Å²) >= 11 is 0. The molecule has 5 nitrogen and oxygen atoms in total. The molecule has 0 radical (unpaired) electrons. The summed E-state index contributed by atoms with van der Waals surface area (Å²) < 4.78 is 0. The lowest BCUT2D eigenvalue weighted by Crippen LogP contribution is -2.38. The highest BCUT2D eigenvalue weighted by Crippen LogP contribution is 2.12. The lowest BCUT2D eigenvalue weighted by Gasteiger charge is -2.10. The Bertz CT molecular complexity index is 458. The van der Waals surface area contributed by atoms with E-state index >= 15 is 0 Å². The molecule has 0 bridgehead atoms. The molecule has 0 unspecified atom stereocenters. The Kier molecular flexibility index (Phi) is 6.73. The summed E-state index contributed by atoms with van der Waals surface area (Å²) in [6.45, 7) is 6.91. The molecule has 2 amide bonds. The SMILES string of the molecule is Cc1ccccc1NC(=O)CNCC(=O)NCC(C)C. The smallest absolute Gasteiger partial charge is 0.238 e. The first-order chi connectivity index (χ1) is 9.49. The standard InChI is InChI=1S/C15H23N3O2/c1-11(2)8-17-14(19)9-16-10-15(20)18-13-7-5-4-6-12(13)3/h4-7,11,16H,8-10H2,1-3H3,(H,17,19)(H,18,20). The normalized spacial score (nSPS) is 10.4. The van der Waals surface area contributed by atoms with Crippen LogP contribution in [0.15, 0.2) is 24.3 Å². The van der Waals surface area contributed by atoms with E-state index in [9.17, 15) is 9.59 Å². The predicted molar refractivity (Wildman–Crippen MR) is 80.5 cm³/mol. The van der Waals surface area contributed by atoms with Gasteiger partial charge in [-0.15, -0.1) is 0 Å². The largest absolute Gasteiger partial charge is 0.355 e. The molecule has 0 aromatic heterocycles. The van der Waals surface area contributed by atoms with Crippen molar-refractivity contribution in [2.24, 2.45) is 5.92 Å². The second kappa shape index (κ2) is 8.32. The van der Waals surface area contributed by atoms with E-state index in [0.717, 1.165) is 11.3 Å². The average Bonchev–Trinajstić information content (AvgIpc) is 2.39. The van der Waals surface area contributed by atoms with Crippen molar-refractivity contribution in [3.05, 3.63) is 29.8 Å². The Balaban J connectivity index is 2.24. The van der Waals surface area contributed by atoms with Crippen molar-refractivity contribution in [1.82, 2.24) is 10.6 Å². The highest BCUT2D eigenvalue weighted by molar-refractivity contribution is 5.93. The molecule has 0 spiro atoms. The van der Waals surface area contributed by atoms with Crippen LogP contribution in [-0.4, -0.2) is 31.4 Å². The Morgan fingerprint density at radius 2 is 1.75 bits per heavy atom. The number of amides is 2. The van der Waals surface area contributed by atoms with Crippen molar-refractivity contribution in [3.8, 4) is 0 Å². The molecule has 0 saturated heterocycles. The number of aryl methyl sites for hydroxylation is 1. The molecule has 1 aromatic rings. The van der Waals surface area contributed by atoms with Crippen molar-refractivity contribution < 1.29 is 9.59 Å². The molecule has 1 rings (SSSR count). The first-order valence-corrected chi connectivity index (χ1v) is 6.82. The number of hydrogen-bond donors (Lipinski definition) is 3. The zero-order valence-corrected chi connectivity index (χ0v) is 12.3. The van der Waals surface area contributed by atoms with Crippen molar-refractivity contribution in [2.75, 3.05) is 25.0 Å². The second-order valence-electron chi connectivity index (χ2n) is 5.16. The highest BCUT2D eigenvalue weighted by atomic mass is 16.2. The molecule has 0 aliphatic heterocycles. The molecule has 0 saturated carbocycles. The van der Waals surface area contributed by atoms with E-state index in [1.807, 2.05) is 45.0 Å². The summed E-state index contributed by atoms with van der Waals surface area (Å²) in [6.07, 6.45) is 0. The van der Waals surface area contributed by atoms with E-state index in [1.54, 1.807) is 0 Å². The molecule has 110 valence electrons. The summed E-state index contributed by atoms with van der Waals surface area (Å²) in [5.41, 5.74) is 1.80. The lowest BCUT2D eigenvalue weighted by molar-refractivity contribution is -0.120. The van der Waals surface area contributed by atoms with Gasteiger partial charge in [0.2, 0.25) is 11.8 Å². The van der Waals surface area contributed by atoms with Gasteiger partial charge in [0.1, 0.15) is 0 Å². The van der Waals surface area contributed by atoms with Gasteiger partial charge in [0.25, 0.3) is 0 Å². The van der Waals surface area contributed by atoms with Crippen LogP contribution in [0.1, 0.15) is 19.4 Å². The van der Waals surface area contributed by atoms with Crippen LogP contribution >= 0.6 is 0 Å². The predicted octanol–water partition coefficient (Wildman–Crippen LogP) is 1.30. The van der Waals surface area contributed by atoms with Gasteiger partial charge in [-0.25, -0.2) is 0 Å². The topological polar surface area (TPSA) is 70.2 Å². The molecule has 0 atom stereocenters. The molecule has 0 fully saturated rings. The summed E-state index contributed by atoms with van der Waals surface area (Å²) in [6, 6.07) is 7.57. The van der Waals surface area contributed by atoms with Crippen LogP contribution in [0.25, 0.3) is 0 Å². The third-order valence-electron chi connectivity index (χ3n) is 2.70. The number of hydrogen-bond acceptors (Lipinski definition) is 3. The summed E-state index contributed by atoms with van der Waals surface area (Å²) in [4.78, 5) is 23.1. The number of carbonyl (C=O) groups is 2. The van der Waals surface area contributed by atoms with Crippen LogP contribution in [-0.2, 0) is 9.59 Å². The monoisotopic (exact) mass is 277 g/mol. The molecule has 0 aliphatic carbocycles. The molecular formula is C15H23N3O2. The molecule has 0 aliphatic rings. The van der Waals surface area contributed by atoms with Crippen LogP contribution in [0, 0.1) is 12.8 Å². The van der Waals surface area contributed by atoms with Crippen molar-refractivity contribution in [1.29, 1.82) is 0 Å². The van der Waals surface area contributed by atoms with Gasteiger partial charge in [-0.3, -0.25) is 14.9 Å². The number of nitrogens with one attached hydrogen (secondary N) is 3. The third kappa shape index (κ3) is 6.33. The van der Waals surface area contributed by atoms with Gasteiger partial charge >= 0.3 is 0 Å². The highest BCUT2D eigenvalue weighted by Gasteiger charge is 2.06. The maximum Gasteiger partial charge on any atom is 0.238 e. The number of carbonyl (C=O) groups excluding carboxylic acids is 2. The summed E-state index contributed by atoms with van der Waals surface area (Å²) in [7, 11) is 0. The minimum atomic E-state index is -0.157. The van der Waals surface area contributed by atoms with E-state index in [1.165, 1.54) is 0 Å². The van der Waals surface area contributed by atoms with E-state index in [-0.39, 0.29) is 24.9 Å². The number of anilines is 1. The van der Waals surface area contributed by atoms with E-state index in [2.05, 4.69) is 16.0 Å². The Hall–Kier alpha value is -1.88. The van der Waals surface area contributed by atoms with Gasteiger partial charge in [0, 0.05) is 12.2 Å². The number of benzene rings is 1. The number of para-hydroxylation sites is 1. The molecule has 1 aromatic carbocycles. The van der Waals surface area contributed by atoms with E-state index in [4.69, 9.17) is 0 Å². The fourth-order valence-corrected chi connectivity index (χ4v) is 1.58. The van der Waals surface area contributed by atoms with Crippen LogP contribution in [0.3, 0.4) is 0 Å². The quantitative estimate of drug-likeness (QED) is 0.703. The first-order valence-electron chi connectivity index (χ1n) is 6.82. The second-order valence-corrected chi connectivity index (χ2v) is 5.16. The fraction of sp³-hybridized carbons (Fsp3) is 0.467. The zero-order valence-electron chi connectivity index (χ0n) is 12.3. The number of rotatable bonds is 7. The van der Waals surface area contributed by atoms with Crippen molar-refractivity contribution in [3.63, 3.8) is 0 Å². The van der Waals surface area contributed by atoms with Gasteiger partial charge in [-0.2, -0.15) is 0 Å². The van der Waals surface area contributed by atoms with Crippen LogP contribution in [0.5, 0.6) is 0 Å². The van der Waals surface area contributed by atoms with Gasteiger partial charge in [0.05, 0.1) is 13.1 Å². The molecule has 0 heterocycles. The van der Waals surface area contributed by atoms with Gasteiger partial charge in [-0.05, 0) is 24.5 Å². The fourth-order valence-electron chi connectivity index (χ4n) is 1.58. The lowest BCUT2D eigenvalue weighted by atomic mass is 10.2. The maximum atomic E-state index is 11.7. The average molecular weight is 277 g/mol. The summed E-state index contributed by atoms with van der Waals surface area (Å²) in [5.74, 6) is 0.168. The molecule has 20 heavy (non-hydrogen) atoms. The van der Waals surface area contributed by atoms with Crippen molar-refractivity contribution in [2.45, 2.75) is 20.8 Å². The van der Waals surface area contributed by atoms with Gasteiger partial charge in [0.15, 0.2) is 0 Å². The van der Waals surface area contributed by atoms with E-state index < -0.39 is 0 Å². The Morgan fingerprint density at radius 3 is 2.40 bits per heavy atom. The van der Waals surface area contributed by atoms with E-state index in [0.29, 0.717) is 12.5 Å². The van der Waals surface area contributed by atoms with Crippen LogP contribution < -0.4 is 16.0 Å². The first kappa shape index (κ1) is 16.2. The maximum absolute atomic E-state index is 11.7. The van der Waals surface area contributed by atoms with Gasteiger partial charge < -0.3 is 10.6 Å². The Morgan fingerprint density at radius 1 is 1.10 bits per heavy atom. The molecule has 5 heteroatoms. The minimum Gasteiger partial charge on any atom is -0.355 e. The molecular weight excluding hydrogens is 254 g/mol. The van der Waals surface area contributed by atoms with Crippen LogP contribution in [0.2, 0.25) is 0 Å². The minimum absolute atomic E-state index is 0.0950. The molecule has 3 N–H and O–H groups in total. The van der Waals surface area contributed by atoms with Crippen LogP contribution in [0.4, 0.5) is 5.69 Å². The zero-order chi connectivity index (χ0) is 15.0. The third-order valence-corrected chi connectivity index (χ3v) is 2.70. The Labute approximate surface area is 120 Å².